The molecule has 2 atom stereocenters. The maximum Gasteiger partial charge on any atom is 0.434 e. The number of aromatic nitrogens is 5. The smallest absolute Gasteiger partial charge is 0.378 e. The molecule has 168 valence electrons. The minimum Gasteiger partial charge on any atom is -0.378 e. The molecule has 2 fully saturated rings. The van der Waals surface area contributed by atoms with Gasteiger partial charge in [-0.2, -0.15) is 28.1 Å². The maximum atomic E-state index is 13.7. The topological polar surface area (TPSA) is 115 Å². The van der Waals surface area contributed by atoms with E-state index in [0.717, 1.165) is 6.20 Å². The number of hydrogen-bond donors (Lipinski definition) is 1. The quantitative estimate of drug-likeness (QED) is 0.750. The highest BCUT2D eigenvalue weighted by atomic mass is 19.4. The molecule has 2 aliphatic rings. The summed E-state index contributed by atoms with van der Waals surface area (Å²) in [4.78, 5) is 24.1. The molecular formula is C18H23F3N8O2. The van der Waals surface area contributed by atoms with E-state index in [1.165, 1.54) is 0 Å². The number of nitrogens with two attached hydrogens (primary N) is 1. The van der Waals surface area contributed by atoms with Crippen molar-refractivity contribution in [3.63, 3.8) is 0 Å². The van der Waals surface area contributed by atoms with Crippen LogP contribution in [-0.2, 0) is 15.7 Å². The van der Waals surface area contributed by atoms with Crippen LogP contribution in [0.5, 0.6) is 0 Å². The number of nitrogens with zero attached hydrogens (tertiary/aromatic N) is 7. The van der Waals surface area contributed by atoms with Crippen LogP contribution in [-0.4, -0.2) is 76.5 Å². The van der Waals surface area contributed by atoms with Crippen molar-refractivity contribution in [3.05, 3.63) is 11.9 Å². The average molecular weight is 440 g/mol. The lowest BCUT2D eigenvalue weighted by Gasteiger charge is -2.36. The minimum absolute atomic E-state index is 0.0820. The van der Waals surface area contributed by atoms with Crippen molar-refractivity contribution in [2.75, 3.05) is 54.9 Å². The summed E-state index contributed by atoms with van der Waals surface area (Å²) in [6, 6.07) is 0. The highest BCUT2D eigenvalue weighted by molar-refractivity contribution is 5.62. The van der Waals surface area contributed by atoms with Gasteiger partial charge in [0.25, 0.3) is 0 Å². The molecule has 0 amide bonds. The first-order chi connectivity index (χ1) is 14.7. The lowest BCUT2D eigenvalue weighted by Crippen LogP contribution is -2.46. The number of halogens is 3. The van der Waals surface area contributed by atoms with Crippen molar-refractivity contribution in [2.24, 2.45) is 0 Å². The molecule has 4 rings (SSSR count). The molecule has 2 aromatic heterocycles. The van der Waals surface area contributed by atoms with Crippen LogP contribution in [0.25, 0.3) is 11.4 Å². The van der Waals surface area contributed by atoms with Crippen molar-refractivity contribution >= 4 is 17.8 Å². The number of hydrogen-bond acceptors (Lipinski definition) is 10. The van der Waals surface area contributed by atoms with Crippen molar-refractivity contribution in [3.8, 4) is 11.4 Å². The molecule has 31 heavy (non-hydrogen) atoms. The highest BCUT2D eigenvalue weighted by Gasteiger charge is 2.38. The highest BCUT2D eigenvalue weighted by Crippen LogP contribution is 2.35. The Morgan fingerprint density at radius 2 is 1.58 bits per heavy atom. The van der Waals surface area contributed by atoms with Gasteiger partial charge < -0.3 is 25.0 Å². The van der Waals surface area contributed by atoms with Crippen molar-refractivity contribution in [1.29, 1.82) is 0 Å². The Kier molecular flexibility index (Phi) is 5.79. The standard InChI is InChI=1S/C18H23F3N8O2/c1-10-8-29(9-11(2)31-10)17-26-14(25-16(27-17)28-3-5-30-6-4-28)12-7-23-15(22)24-13(12)18(19,20)21/h7,10-11H,3-6,8-9H2,1-2H3,(H2,22,23,24). The molecular weight excluding hydrogens is 417 g/mol. The van der Waals surface area contributed by atoms with E-state index in [-0.39, 0.29) is 35.5 Å². The summed E-state index contributed by atoms with van der Waals surface area (Å²) < 4.78 is 52.1. The molecule has 10 nitrogen and oxygen atoms in total. The SMILES string of the molecule is CC1CN(c2nc(-c3cnc(N)nc3C(F)(F)F)nc(N3CCOCC3)n2)CC(C)O1. The molecule has 0 radical (unpaired) electrons. The largest absolute Gasteiger partial charge is 0.434 e. The number of morpholine rings is 2. The van der Waals surface area contributed by atoms with E-state index in [1.54, 1.807) is 0 Å². The van der Waals surface area contributed by atoms with Gasteiger partial charge in [0.1, 0.15) is 0 Å². The van der Waals surface area contributed by atoms with E-state index in [9.17, 15) is 13.2 Å². The van der Waals surface area contributed by atoms with Crippen molar-refractivity contribution < 1.29 is 22.6 Å². The molecule has 2 unspecified atom stereocenters. The Morgan fingerprint density at radius 1 is 0.968 bits per heavy atom. The molecule has 2 aromatic rings. The Bertz CT molecular complexity index is 929. The van der Waals surface area contributed by atoms with Gasteiger partial charge in [-0.1, -0.05) is 0 Å². The van der Waals surface area contributed by atoms with Gasteiger partial charge in [-0.05, 0) is 13.8 Å². The minimum atomic E-state index is -4.75. The van der Waals surface area contributed by atoms with Crippen LogP contribution in [0.2, 0.25) is 0 Å². The van der Waals surface area contributed by atoms with Crippen molar-refractivity contribution in [2.45, 2.75) is 32.2 Å². The Morgan fingerprint density at radius 3 is 2.19 bits per heavy atom. The molecule has 2 saturated heterocycles. The van der Waals surface area contributed by atoms with Crippen LogP contribution < -0.4 is 15.5 Å². The fourth-order valence-electron chi connectivity index (χ4n) is 3.64. The lowest BCUT2D eigenvalue weighted by molar-refractivity contribution is -0.140. The molecule has 2 aliphatic heterocycles. The maximum absolute atomic E-state index is 13.7. The molecule has 0 saturated carbocycles. The van der Waals surface area contributed by atoms with E-state index in [0.29, 0.717) is 39.4 Å². The van der Waals surface area contributed by atoms with E-state index < -0.39 is 17.8 Å². The van der Waals surface area contributed by atoms with Crippen LogP contribution in [0.15, 0.2) is 6.20 Å². The van der Waals surface area contributed by atoms with Crippen LogP contribution in [0.4, 0.5) is 31.0 Å². The van der Waals surface area contributed by atoms with Crippen LogP contribution in [0.1, 0.15) is 19.5 Å². The summed E-state index contributed by atoms with van der Waals surface area (Å²) in [5.41, 5.74) is 3.87. The van der Waals surface area contributed by atoms with Gasteiger partial charge in [-0.15, -0.1) is 0 Å². The zero-order valence-electron chi connectivity index (χ0n) is 17.1. The van der Waals surface area contributed by atoms with Crippen LogP contribution >= 0.6 is 0 Å². The summed E-state index contributed by atoms with van der Waals surface area (Å²) in [7, 11) is 0. The summed E-state index contributed by atoms with van der Waals surface area (Å²) in [6.07, 6.45) is -3.92. The first kappa shape index (κ1) is 21.4. The predicted molar refractivity (Wildman–Crippen MR) is 106 cm³/mol. The molecule has 0 aromatic carbocycles. The molecule has 0 spiro atoms. The number of rotatable bonds is 3. The predicted octanol–water partition coefficient (Wildman–Crippen LogP) is 1.38. The second-order valence-electron chi connectivity index (χ2n) is 7.51. The Balaban J connectivity index is 1.82. The monoisotopic (exact) mass is 440 g/mol. The summed E-state index contributed by atoms with van der Waals surface area (Å²) in [5.74, 6) is -0.0845. The second kappa shape index (κ2) is 8.38. The molecule has 0 bridgehead atoms. The third-order valence-corrected chi connectivity index (χ3v) is 4.92. The van der Waals surface area contributed by atoms with E-state index in [4.69, 9.17) is 15.2 Å². The van der Waals surface area contributed by atoms with Crippen molar-refractivity contribution in [1.82, 2.24) is 24.9 Å². The first-order valence-corrected chi connectivity index (χ1v) is 9.90. The second-order valence-corrected chi connectivity index (χ2v) is 7.51. The van der Waals surface area contributed by atoms with E-state index >= 15 is 0 Å². The third-order valence-electron chi connectivity index (χ3n) is 4.92. The van der Waals surface area contributed by atoms with Crippen LogP contribution in [0, 0.1) is 0 Å². The van der Waals surface area contributed by atoms with Gasteiger partial charge in [0.05, 0.1) is 31.0 Å². The van der Waals surface area contributed by atoms with Gasteiger partial charge >= 0.3 is 6.18 Å². The number of nitrogen functional groups attached to an aromatic ring is 1. The normalized spacial score (nSPS) is 22.6. The molecule has 13 heteroatoms. The Hall–Kier alpha value is -2.80. The third kappa shape index (κ3) is 4.77. The molecule has 0 aliphatic carbocycles. The first-order valence-electron chi connectivity index (χ1n) is 9.90. The fourth-order valence-corrected chi connectivity index (χ4v) is 3.64. The average Bonchev–Trinajstić information content (AvgIpc) is 2.73. The van der Waals surface area contributed by atoms with Crippen LogP contribution in [0.3, 0.4) is 0 Å². The fraction of sp³-hybridized carbons (Fsp3) is 0.611. The van der Waals surface area contributed by atoms with Gasteiger partial charge in [0.15, 0.2) is 11.5 Å². The Labute approximate surface area is 176 Å². The van der Waals surface area contributed by atoms with E-state index in [2.05, 4.69) is 24.9 Å². The number of anilines is 3. The van der Waals surface area contributed by atoms with Gasteiger partial charge in [-0.25, -0.2) is 9.97 Å². The zero-order chi connectivity index (χ0) is 22.2. The summed E-state index contributed by atoms with van der Waals surface area (Å²) in [6.45, 7) is 6.82. The molecule has 2 N–H and O–H groups in total. The van der Waals surface area contributed by atoms with Gasteiger partial charge in [0, 0.05) is 32.4 Å². The summed E-state index contributed by atoms with van der Waals surface area (Å²) in [5, 5.41) is 0. The lowest BCUT2D eigenvalue weighted by atomic mass is 10.2. The number of ether oxygens (including phenoxy) is 2. The van der Waals surface area contributed by atoms with E-state index in [1.807, 2.05) is 23.6 Å². The number of alkyl halides is 3. The van der Waals surface area contributed by atoms with Gasteiger partial charge in [0.2, 0.25) is 17.8 Å². The molecule has 4 heterocycles. The zero-order valence-corrected chi connectivity index (χ0v) is 17.1. The summed E-state index contributed by atoms with van der Waals surface area (Å²) >= 11 is 0. The van der Waals surface area contributed by atoms with Gasteiger partial charge in [-0.3, -0.25) is 0 Å².